The lowest BCUT2D eigenvalue weighted by molar-refractivity contribution is 0.0667. The van der Waals surface area contributed by atoms with Crippen molar-refractivity contribution in [3.05, 3.63) is 30.1 Å². The molecule has 4 nitrogen and oxygen atoms in total. The van der Waals surface area contributed by atoms with E-state index < -0.39 is 6.10 Å². The number of hydrogen-bond acceptors (Lipinski definition) is 4. The summed E-state index contributed by atoms with van der Waals surface area (Å²) < 4.78 is 5.81. The van der Waals surface area contributed by atoms with Crippen molar-refractivity contribution in [2.45, 2.75) is 31.8 Å². The maximum absolute atomic E-state index is 10.4. The largest absolute Gasteiger partial charge is 0.385 e. The number of rotatable bonds is 3. The second-order valence-electron chi connectivity index (χ2n) is 6.27. The molecule has 20 heavy (non-hydrogen) atoms. The van der Waals surface area contributed by atoms with Gasteiger partial charge in [0.25, 0.3) is 0 Å². The summed E-state index contributed by atoms with van der Waals surface area (Å²) in [7, 11) is 0. The minimum atomic E-state index is -0.507. The second kappa shape index (κ2) is 6.20. The Kier molecular flexibility index (Phi) is 4.34. The summed E-state index contributed by atoms with van der Waals surface area (Å²) in [6, 6.07) is 5.70. The number of aromatic nitrogens is 1. The first-order valence-electron chi connectivity index (χ1n) is 7.67. The molecule has 1 atom stereocenters. The molecule has 1 N–H and O–H groups in total. The molecule has 1 saturated carbocycles. The maximum atomic E-state index is 10.4. The summed E-state index contributed by atoms with van der Waals surface area (Å²) in [5.74, 6) is 0. The van der Waals surface area contributed by atoms with Gasteiger partial charge in [-0.3, -0.25) is 9.88 Å². The number of pyridine rings is 1. The van der Waals surface area contributed by atoms with Crippen LogP contribution < -0.4 is 0 Å². The summed E-state index contributed by atoms with van der Waals surface area (Å²) in [6.07, 6.45) is 6.40. The van der Waals surface area contributed by atoms with Crippen LogP contribution in [-0.2, 0) is 4.74 Å². The lowest BCUT2D eigenvalue weighted by Crippen LogP contribution is -2.39. The molecule has 0 bridgehead atoms. The number of β-amino-alcohol motifs (C(OH)–C–C–N with tert-alkyl or cyclic N) is 1. The highest BCUT2D eigenvalue weighted by molar-refractivity contribution is 5.07. The van der Waals surface area contributed by atoms with Crippen molar-refractivity contribution in [2.75, 3.05) is 32.8 Å². The Bertz CT molecular complexity index is 418. The third kappa shape index (κ3) is 3.19. The molecule has 1 aromatic rings. The molecule has 2 heterocycles. The van der Waals surface area contributed by atoms with E-state index in [1.54, 1.807) is 6.20 Å². The lowest BCUT2D eigenvalue weighted by atomic mass is 9.86. The smallest absolute Gasteiger partial charge is 0.109 e. The van der Waals surface area contributed by atoms with Gasteiger partial charge in [0.05, 0.1) is 18.9 Å². The lowest BCUT2D eigenvalue weighted by Gasteiger charge is -2.32. The molecule has 1 aliphatic heterocycles. The Balaban J connectivity index is 1.64. The highest BCUT2D eigenvalue weighted by atomic mass is 16.5. The third-order valence-corrected chi connectivity index (χ3v) is 4.64. The standard InChI is InChI=1S/C16H24N2O2/c19-15(14-5-1-4-8-17-14)11-18-9-10-20-13-16(12-18)6-2-3-7-16/h1,4-5,8,15,19H,2-3,6-7,9-13H2. The van der Waals surface area contributed by atoms with E-state index in [1.807, 2.05) is 18.2 Å². The van der Waals surface area contributed by atoms with E-state index in [-0.39, 0.29) is 0 Å². The van der Waals surface area contributed by atoms with E-state index in [0.717, 1.165) is 32.0 Å². The number of ether oxygens (including phenoxy) is 1. The Morgan fingerprint density at radius 2 is 2.20 bits per heavy atom. The van der Waals surface area contributed by atoms with Gasteiger partial charge in [-0.05, 0) is 25.0 Å². The molecular weight excluding hydrogens is 252 g/mol. The average molecular weight is 276 g/mol. The predicted octanol–water partition coefficient (Wildman–Crippen LogP) is 2.01. The summed E-state index contributed by atoms with van der Waals surface area (Å²) in [5.41, 5.74) is 1.10. The molecule has 1 aliphatic carbocycles. The first kappa shape index (κ1) is 14.0. The van der Waals surface area contributed by atoms with Crippen molar-refractivity contribution in [2.24, 2.45) is 5.41 Å². The van der Waals surface area contributed by atoms with Crippen LogP contribution in [0, 0.1) is 5.41 Å². The molecule has 4 heteroatoms. The van der Waals surface area contributed by atoms with Gasteiger partial charge in [-0.2, -0.15) is 0 Å². The van der Waals surface area contributed by atoms with E-state index in [9.17, 15) is 5.11 Å². The minimum absolute atomic E-state index is 0.334. The second-order valence-corrected chi connectivity index (χ2v) is 6.27. The van der Waals surface area contributed by atoms with Crippen LogP contribution in [0.3, 0.4) is 0 Å². The summed E-state index contributed by atoms with van der Waals surface area (Å²) in [4.78, 5) is 6.61. The summed E-state index contributed by atoms with van der Waals surface area (Å²) in [5, 5.41) is 10.4. The van der Waals surface area contributed by atoms with Crippen LogP contribution in [0.15, 0.2) is 24.4 Å². The van der Waals surface area contributed by atoms with Crippen LogP contribution in [0.5, 0.6) is 0 Å². The Hall–Kier alpha value is -0.970. The van der Waals surface area contributed by atoms with E-state index in [4.69, 9.17) is 4.74 Å². The fourth-order valence-electron chi connectivity index (χ4n) is 3.58. The van der Waals surface area contributed by atoms with Crippen molar-refractivity contribution in [3.63, 3.8) is 0 Å². The monoisotopic (exact) mass is 276 g/mol. The van der Waals surface area contributed by atoms with Gasteiger partial charge in [0.2, 0.25) is 0 Å². The minimum Gasteiger partial charge on any atom is -0.385 e. The molecule has 1 saturated heterocycles. The van der Waals surface area contributed by atoms with Gasteiger partial charge in [0.1, 0.15) is 6.10 Å². The molecular formula is C16H24N2O2. The molecule has 110 valence electrons. The van der Waals surface area contributed by atoms with Gasteiger partial charge in [0.15, 0.2) is 0 Å². The first-order chi connectivity index (χ1) is 9.77. The zero-order valence-corrected chi connectivity index (χ0v) is 12.0. The first-order valence-corrected chi connectivity index (χ1v) is 7.67. The molecule has 0 radical (unpaired) electrons. The van der Waals surface area contributed by atoms with Crippen molar-refractivity contribution >= 4 is 0 Å². The fourth-order valence-corrected chi connectivity index (χ4v) is 3.58. The predicted molar refractivity (Wildman–Crippen MR) is 77.4 cm³/mol. The number of hydrogen-bond donors (Lipinski definition) is 1. The molecule has 1 unspecified atom stereocenters. The van der Waals surface area contributed by atoms with Gasteiger partial charge in [0, 0.05) is 31.2 Å². The topological polar surface area (TPSA) is 45.6 Å². The fraction of sp³-hybridized carbons (Fsp3) is 0.688. The van der Waals surface area contributed by atoms with Crippen LogP contribution in [0.25, 0.3) is 0 Å². The van der Waals surface area contributed by atoms with E-state index in [0.29, 0.717) is 12.0 Å². The van der Waals surface area contributed by atoms with Crippen LogP contribution in [-0.4, -0.2) is 47.8 Å². The van der Waals surface area contributed by atoms with Crippen molar-refractivity contribution in [3.8, 4) is 0 Å². The molecule has 3 rings (SSSR count). The Morgan fingerprint density at radius 3 is 2.95 bits per heavy atom. The van der Waals surface area contributed by atoms with Crippen LogP contribution in [0.2, 0.25) is 0 Å². The number of aliphatic hydroxyl groups is 1. The summed E-state index contributed by atoms with van der Waals surface area (Å²) in [6.45, 7) is 4.28. The SMILES string of the molecule is OC(CN1CCOCC2(CCCC2)C1)c1ccccn1. The van der Waals surface area contributed by atoms with Crippen LogP contribution >= 0.6 is 0 Å². The maximum Gasteiger partial charge on any atom is 0.109 e. The van der Waals surface area contributed by atoms with Gasteiger partial charge < -0.3 is 9.84 Å². The molecule has 2 fully saturated rings. The molecule has 1 spiro atoms. The number of nitrogens with zero attached hydrogens (tertiary/aromatic N) is 2. The van der Waals surface area contributed by atoms with Crippen LogP contribution in [0.1, 0.15) is 37.5 Å². The molecule has 2 aliphatic rings. The van der Waals surface area contributed by atoms with Gasteiger partial charge >= 0.3 is 0 Å². The normalized spacial score (nSPS) is 24.6. The van der Waals surface area contributed by atoms with Crippen molar-refractivity contribution in [1.82, 2.24) is 9.88 Å². The zero-order chi connectivity index (χ0) is 13.8. The molecule has 0 amide bonds. The Labute approximate surface area is 120 Å². The highest BCUT2D eigenvalue weighted by Crippen LogP contribution is 2.40. The molecule has 0 aromatic carbocycles. The van der Waals surface area contributed by atoms with Crippen LogP contribution in [0.4, 0.5) is 0 Å². The molecule has 1 aromatic heterocycles. The van der Waals surface area contributed by atoms with E-state index in [2.05, 4.69) is 9.88 Å². The quantitative estimate of drug-likeness (QED) is 0.917. The average Bonchev–Trinajstić information content (AvgIpc) is 2.83. The van der Waals surface area contributed by atoms with E-state index >= 15 is 0 Å². The summed E-state index contributed by atoms with van der Waals surface area (Å²) >= 11 is 0. The third-order valence-electron chi connectivity index (χ3n) is 4.64. The van der Waals surface area contributed by atoms with Crippen molar-refractivity contribution < 1.29 is 9.84 Å². The van der Waals surface area contributed by atoms with Gasteiger partial charge in [-0.25, -0.2) is 0 Å². The van der Waals surface area contributed by atoms with Gasteiger partial charge in [-0.15, -0.1) is 0 Å². The number of aliphatic hydroxyl groups excluding tert-OH is 1. The van der Waals surface area contributed by atoms with E-state index in [1.165, 1.54) is 25.7 Å². The Morgan fingerprint density at radius 1 is 1.35 bits per heavy atom. The van der Waals surface area contributed by atoms with Crippen molar-refractivity contribution in [1.29, 1.82) is 0 Å². The van der Waals surface area contributed by atoms with Gasteiger partial charge in [-0.1, -0.05) is 18.9 Å². The highest BCUT2D eigenvalue weighted by Gasteiger charge is 2.37. The zero-order valence-electron chi connectivity index (χ0n) is 12.0.